The highest BCUT2D eigenvalue weighted by Crippen LogP contribution is 2.37. The lowest BCUT2D eigenvalue weighted by molar-refractivity contribution is 0.0910. The van der Waals surface area contributed by atoms with E-state index in [4.69, 9.17) is 0 Å². The average molecular weight is 283 g/mol. The van der Waals surface area contributed by atoms with Crippen molar-refractivity contribution >= 4 is 0 Å². The van der Waals surface area contributed by atoms with Crippen molar-refractivity contribution in [3.63, 3.8) is 0 Å². The summed E-state index contributed by atoms with van der Waals surface area (Å²) in [6.07, 6.45) is 9.71. The molecule has 2 heteroatoms. The maximum Gasteiger partial charge on any atom is 0.00665 e. The first-order valence-corrected chi connectivity index (χ1v) is 8.90. The minimum absolute atomic E-state index is 0.535. The van der Waals surface area contributed by atoms with Crippen molar-refractivity contribution in [2.75, 3.05) is 26.7 Å². The molecule has 1 fully saturated rings. The lowest BCUT2D eigenvalue weighted by Crippen LogP contribution is -2.47. The number of rotatable bonds is 9. The molecule has 0 bridgehead atoms. The Balaban J connectivity index is 2.54. The van der Waals surface area contributed by atoms with Gasteiger partial charge >= 0.3 is 0 Å². The fourth-order valence-corrected chi connectivity index (χ4v) is 3.77. The number of nitrogens with one attached hydrogen (secondary N) is 1. The minimum Gasteiger partial charge on any atom is -0.316 e. The molecule has 1 aliphatic carbocycles. The van der Waals surface area contributed by atoms with E-state index in [0.717, 1.165) is 5.92 Å². The Labute approximate surface area is 127 Å². The minimum atomic E-state index is 0.535. The summed E-state index contributed by atoms with van der Waals surface area (Å²) < 4.78 is 0. The Kier molecular flexibility index (Phi) is 8.13. The van der Waals surface area contributed by atoms with E-state index in [9.17, 15) is 0 Å². The third-order valence-corrected chi connectivity index (χ3v) is 4.99. The van der Waals surface area contributed by atoms with Gasteiger partial charge in [-0.15, -0.1) is 0 Å². The van der Waals surface area contributed by atoms with Crippen molar-refractivity contribution in [1.29, 1.82) is 0 Å². The van der Waals surface area contributed by atoms with Crippen LogP contribution in [0.15, 0.2) is 0 Å². The van der Waals surface area contributed by atoms with Gasteiger partial charge in [0.05, 0.1) is 0 Å². The van der Waals surface area contributed by atoms with Crippen LogP contribution in [0.5, 0.6) is 0 Å². The summed E-state index contributed by atoms with van der Waals surface area (Å²) in [4.78, 5) is 2.62. The SMILES string of the molecule is CCCNCC1(CN(C)C(C)CC(C)C)CCCCC1. The smallest absolute Gasteiger partial charge is 0.00665 e. The highest BCUT2D eigenvalue weighted by Gasteiger charge is 2.33. The van der Waals surface area contributed by atoms with Crippen molar-refractivity contribution in [2.24, 2.45) is 11.3 Å². The lowest BCUT2D eigenvalue weighted by Gasteiger charge is -2.42. The van der Waals surface area contributed by atoms with Gasteiger partial charge in [0.2, 0.25) is 0 Å². The fraction of sp³-hybridized carbons (Fsp3) is 1.00. The van der Waals surface area contributed by atoms with Crippen LogP contribution in [0.3, 0.4) is 0 Å². The zero-order valence-electron chi connectivity index (χ0n) is 14.7. The lowest BCUT2D eigenvalue weighted by atomic mass is 9.73. The summed E-state index contributed by atoms with van der Waals surface area (Å²) in [6, 6.07) is 0.708. The molecule has 0 aromatic carbocycles. The van der Waals surface area contributed by atoms with E-state index in [1.165, 1.54) is 64.6 Å². The first-order chi connectivity index (χ1) is 9.49. The molecule has 120 valence electrons. The highest BCUT2D eigenvalue weighted by atomic mass is 15.1. The van der Waals surface area contributed by atoms with Crippen LogP contribution in [0.2, 0.25) is 0 Å². The molecule has 1 unspecified atom stereocenters. The molecule has 0 spiro atoms. The molecular weight excluding hydrogens is 244 g/mol. The van der Waals surface area contributed by atoms with Crippen molar-refractivity contribution in [1.82, 2.24) is 10.2 Å². The number of nitrogens with zero attached hydrogens (tertiary/aromatic N) is 1. The predicted octanol–water partition coefficient (Wildman–Crippen LogP) is 4.30. The molecule has 1 aliphatic rings. The van der Waals surface area contributed by atoms with Crippen LogP contribution in [-0.2, 0) is 0 Å². The predicted molar refractivity (Wildman–Crippen MR) is 90.2 cm³/mol. The molecule has 1 N–H and O–H groups in total. The van der Waals surface area contributed by atoms with Crippen molar-refractivity contribution < 1.29 is 0 Å². The van der Waals surface area contributed by atoms with Crippen LogP contribution in [0.4, 0.5) is 0 Å². The number of hydrogen-bond donors (Lipinski definition) is 1. The maximum absolute atomic E-state index is 3.70. The van der Waals surface area contributed by atoms with Gasteiger partial charge in [0.25, 0.3) is 0 Å². The third-order valence-electron chi connectivity index (χ3n) is 4.99. The van der Waals surface area contributed by atoms with Gasteiger partial charge < -0.3 is 10.2 Å². The largest absolute Gasteiger partial charge is 0.316 e. The van der Waals surface area contributed by atoms with Gasteiger partial charge in [0.15, 0.2) is 0 Å². The first kappa shape index (κ1) is 18.0. The van der Waals surface area contributed by atoms with Crippen LogP contribution >= 0.6 is 0 Å². The zero-order chi connectivity index (χ0) is 15.0. The van der Waals surface area contributed by atoms with Gasteiger partial charge in [-0.3, -0.25) is 0 Å². The molecule has 0 radical (unpaired) electrons. The Morgan fingerprint density at radius 3 is 2.30 bits per heavy atom. The molecule has 1 saturated carbocycles. The van der Waals surface area contributed by atoms with Crippen LogP contribution in [0, 0.1) is 11.3 Å². The van der Waals surface area contributed by atoms with Gasteiger partial charge in [-0.1, -0.05) is 40.0 Å². The van der Waals surface area contributed by atoms with Crippen LogP contribution < -0.4 is 5.32 Å². The van der Waals surface area contributed by atoms with Crippen LogP contribution in [0.1, 0.15) is 72.6 Å². The maximum atomic E-state index is 3.70. The van der Waals surface area contributed by atoms with Crippen molar-refractivity contribution in [3.8, 4) is 0 Å². The Morgan fingerprint density at radius 1 is 1.10 bits per heavy atom. The summed E-state index contributed by atoms with van der Waals surface area (Å²) in [5.41, 5.74) is 0.535. The second-order valence-electron chi connectivity index (χ2n) is 7.63. The van der Waals surface area contributed by atoms with E-state index in [-0.39, 0.29) is 0 Å². The van der Waals surface area contributed by atoms with Gasteiger partial charge in [-0.2, -0.15) is 0 Å². The zero-order valence-corrected chi connectivity index (χ0v) is 14.7. The first-order valence-electron chi connectivity index (χ1n) is 8.90. The third kappa shape index (κ3) is 6.13. The van der Waals surface area contributed by atoms with E-state index in [2.05, 4.69) is 45.0 Å². The molecule has 1 atom stereocenters. The summed E-state index contributed by atoms with van der Waals surface area (Å²) in [6.45, 7) is 13.0. The molecule has 0 amide bonds. The normalized spacial score (nSPS) is 20.6. The molecule has 0 aliphatic heterocycles. The summed E-state index contributed by atoms with van der Waals surface area (Å²) in [5, 5.41) is 3.70. The van der Waals surface area contributed by atoms with Gasteiger partial charge in [0.1, 0.15) is 0 Å². The van der Waals surface area contributed by atoms with Crippen molar-refractivity contribution in [2.45, 2.75) is 78.7 Å². The number of hydrogen-bond acceptors (Lipinski definition) is 2. The summed E-state index contributed by atoms with van der Waals surface area (Å²) in [5.74, 6) is 0.799. The molecule has 2 nitrogen and oxygen atoms in total. The van der Waals surface area contributed by atoms with Gasteiger partial charge in [-0.25, -0.2) is 0 Å². The monoisotopic (exact) mass is 282 g/mol. The molecular formula is C18H38N2. The van der Waals surface area contributed by atoms with Crippen LogP contribution in [0.25, 0.3) is 0 Å². The summed E-state index contributed by atoms with van der Waals surface area (Å²) >= 11 is 0. The van der Waals surface area contributed by atoms with Gasteiger partial charge in [-0.05, 0) is 57.5 Å². The van der Waals surface area contributed by atoms with E-state index >= 15 is 0 Å². The molecule has 20 heavy (non-hydrogen) atoms. The van der Waals surface area contributed by atoms with E-state index in [0.29, 0.717) is 11.5 Å². The summed E-state index contributed by atoms with van der Waals surface area (Å²) in [7, 11) is 2.34. The second kappa shape index (κ2) is 9.04. The average Bonchev–Trinajstić information content (AvgIpc) is 2.39. The fourth-order valence-electron chi connectivity index (χ4n) is 3.77. The molecule has 0 heterocycles. The quantitative estimate of drug-likeness (QED) is 0.634. The highest BCUT2D eigenvalue weighted by molar-refractivity contribution is 4.88. The van der Waals surface area contributed by atoms with E-state index < -0.39 is 0 Å². The Hall–Kier alpha value is -0.0800. The molecule has 1 rings (SSSR count). The molecule has 0 aromatic heterocycles. The Bertz CT molecular complexity index is 244. The van der Waals surface area contributed by atoms with Crippen LogP contribution in [-0.4, -0.2) is 37.6 Å². The van der Waals surface area contributed by atoms with E-state index in [1.54, 1.807) is 0 Å². The van der Waals surface area contributed by atoms with Gasteiger partial charge in [0, 0.05) is 19.1 Å². The van der Waals surface area contributed by atoms with E-state index in [1.807, 2.05) is 0 Å². The molecule has 0 saturated heterocycles. The van der Waals surface area contributed by atoms with Crippen molar-refractivity contribution in [3.05, 3.63) is 0 Å². The topological polar surface area (TPSA) is 15.3 Å². The Morgan fingerprint density at radius 2 is 1.75 bits per heavy atom. The standard InChI is InChI=1S/C18H38N2/c1-6-12-19-14-18(10-8-7-9-11-18)15-20(5)17(4)13-16(2)3/h16-17,19H,6-15H2,1-5H3. The second-order valence-corrected chi connectivity index (χ2v) is 7.63. The molecule has 0 aromatic rings.